The number of halogens is 4. The Labute approximate surface area is 227 Å². The second kappa shape index (κ2) is 11.2. The van der Waals surface area contributed by atoms with Crippen molar-refractivity contribution in [3.8, 4) is 11.5 Å². The molecule has 1 aliphatic rings. The Bertz CT molecular complexity index is 1560. The lowest BCUT2D eigenvalue weighted by atomic mass is 10.1. The summed E-state index contributed by atoms with van der Waals surface area (Å²) in [7, 11) is -3.99. The number of phenols is 2. The standard InChI is InChI=1S/C19H18ClN5O5S2.C2HF3O2/c20-15-4-3-14-12(23-15)7-16(31-14)32(29,30)24-11-5-6-25(19(11)28)8-10-13(26)2-1-9(17(10)27)18(21)22;3-2(4,5)1(6)7/h1-4,7,11,24,26-27H,5-6,8H2,(H3,21,22);(H,6,7)/t11-;/m0./s1. The molecule has 0 aliphatic carbocycles. The van der Waals surface area contributed by atoms with E-state index in [0.29, 0.717) is 10.2 Å². The molecule has 3 heterocycles. The number of alkyl halides is 3. The fourth-order valence-electron chi connectivity index (χ4n) is 3.45. The second-order valence-electron chi connectivity index (χ2n) is 7.98. The van der Waals surface area contributed by atoms with Gasteiger partial charge in [-0.2, -0.15) is 17.9 Å². The van der Waals surface area contributed by atoms with Crippen LogP contribution in [-0.2, 0) is 26.2 Å². The number of pyridine rings is 1. The number of rotatable bonds is 6. The molecule has 4 rings (SSSR count). The zero-order chi connectivity index (χ0) is 29.3. The molecule has 1 aromatic carbocycles. The molecule has 0 unspecified atom stereocenters. The Hall–Kier alpha value is -3.67. The summed E-state index contributed by atoms with van der Waals surface area (Å²) in [6, 6.07) is 6.21. The van der Waals surface area contributed by atoms with E-state index in [1.165, 1.54) is 23.1 Å². The first-order valence-electron chi connectivity index (χ1n) is 10.6. The van der Waals surface area contributed by atoms with Gasteiger partial charge in [-0.25, -0.2) is 18.2 Å². The number of aliphatic carboxylic acids is 1. The number of nitrogens with zero attached hydrogens (tertiary/aromatic N) is 2. The minimum absolute atomic E-state index is 0.0120. The number of aromatic nitrogens is 1. The maximum atomic E-state index is 12.8. The molecule has 210 valence electrons. The molecule has 0 bridgehead atoms. The van der Waals surface area contributed by atoms with Crippen LogP contribution in [0.5, 0.6) is 11.5 Å². The number of benzene rings is 1. The van der Waals surface area contributed by atoms with Crippen LogP contribution in [0.2, 0.25) is 5.15 Å². The van der Waals surface area contributed by atoms with E-state index in [1.807, 2.05) is 0 Å². The highest BCUT2D eigenvalue weighted by Crippen LogP contribution is 2.33. The molecule has 0 saturated carbocycles. The van der Waals surface area contributed by atoms with Crippen molar-refractivity contribution in [2.24, 2.45) is 5.73 Å². The minimum Gasteiger partial charge on any atom is -0.507 e. The largest absolute Gasteiger partial charge is 0.507 e. The molecule has 1 saturated heterocycles. The van der Waals surface area contributed by atoms with Crippen LogP contribution < -0.4 is 10.5 Å². The number of sulfonamides is 1. The van der Waals surface area contributed by atoms with E-state index in [-0.39, 0.29) is 51.6 Å². The zero-order valence-corrected chi connectivity index (χ0v) is 21.7. The number of thiophene rings is 1. The van der Waals surface area contributed by atoms with Gasteiger partial charge in [-0.05, 0) is 36.8 Å². The Kier molecular flexibility index (Phi) is 8.59. The van der Waals surface area contributed by atoms with E-state index in [1.54, 1.807) is 12.1 Å². The molecule has 7 N–H and O–H groups in total. The lowest BCUT2D eigenvalue weighted by molar-refractivity contribution is -0.192. The predicted octanol–water partition coefficient (Wildman–Crippen LogP) is 2.36. The summed E-state index contributed by atoms with van der Waals surface area (Å²) in [5.41, 5.74) is 5.93. The summed E-state index contributed by atoms with van der Waals surface area (Å²) < 4.78 is 60.5. The molecule has 12 nitrogen and oxygen atoms in total. The Morgan fingerprint density at radius 1 is 1.28 bits per heavy atom. The van der Waals surface area contributed by atoms with Gasteiger partial charge in [0.05, 0.1) is 27.9 Å². The van der Waals surface area contributed by atoms with Crippen LogP contribution in [0.15, 0.2) is 34.5 Å². The molecule has 0 spiro atoms. The van der Waals surface area contributed by atoms with Gasteiger partial charge in [-0.15, -0.1) is 11.3 Å². The number of carboxylic acids is 1. The number of likely N-dealkylation sites (tertiary alicyclic amines) is 1. The molecule has 1 amide bonds. The average molecular weight is 610 g/mol. The molecule has 18 heteroatoms. The lowest BCUT2D eigenvalue weighted by Crippen LogP contribution is -2.41. The van der Waals surface area contributed by atoms with Gasteiger partial charge in [0.25, 0.3) is 10.0 Å². The number of carbonyl (C=O) groups is 2. The van der Waals surface area contributed by atoms with E-state index < -0.39 is 39.9 Å². The average Bonchev–Trinajstić information content (AvgIpc) is 3.40. The smallest absolute Gasteiger partial charge is 0.490 e. The van der Waals surface area contributed by atoms with Gasteiger partial charge in [0.1, 0.15) is 32.7 Å². The number of carbonyl (C=O) groups excluding carboxylic acids is 1. The highest BCUT2D eigenvalue weighted by Gasteiger charge is 2.38. The maximum absolute atomic E-state index is 12.8. The monoisotopic (exact) mass is 609 g/mol. The second-order valence-corrected chi connectivity index (χ2v) is 11.4. The summed E-state index contributed by atoms with van der Waals surface area (Å²) in [6.45, 7) is 0.0416. The van der Waals surface area contributed by atoms with E-state index >= 15 is 0 Å². The molecule has 2 aromatic heterocycles. The first kappa shape index (κ1) is 29.9. The van der Waals surface area contributed by atoms with E-state index in [9.17, 15) is 36.6 Å². The lowest BCUT2D eigenvalue weighted by Gasteiger charge is -2.19. The zero-order valence-electron chi connectivity index (χ0n) is 19.4. The van der Waals surface area contributed by atoms with Crippen molar-refractivity contribution in [3.63, 3.8) is 0 Å². The normalized spacial score (nSPS) is 15.7. The van der Waals surface area contributed by atoms with Gasteiger partial charge in [0.15, 0.2) is 0 Å². The van der Waals surface area contributed by atoms with Crippen LogP contribution in [0.1, 0.15) is 17.5 Å². The molecule has 1 atom stereocenters. The summed E-state index contributed by atoms with van der Waals surface area (Å²) in [4.78, 5) is 27.1. The SMILES string of the molecule is N=C(N)c1ccc(O)c(CN2CC[C@H](NS(=O)(=O)c3cc4nc(Cl)ccc4s3)C2=O)c1O.O=C(O)C(F)(F)F. The van der Waals surface area contributed by atoms with Crippen molar-refractivity contribution in [2.75, 3.05) is 6.54 Å². The van der Waals surface area contributed by atoms with Crippen LogP contribution in [0, 0.1) is 5.41 Å². The van der Waals surface area contributed by atoms with E-state index in [0.717, 1.165) is 11.3 Å². The number of hydrogen-bond acceptors (Lipinski definition) is 9. The van der Waals surface area contributed by atoms with Crippen molar-refractivity contribution in [1.29, 1.82) is 5.41 Å². The fraction of sp³-hybridized carbons (Fsp3) is 0.238. The molecule has 1 fully saturated rings. The topological polar surface area (TPSA) is 207 Å². The molecule has 1 aliphatic heterocycles. The van der Waals surface area contributed by atoms with Gasteiger partial charge in [0.2, 0.25) is 5.91 Å². The van der Waals surface area contributed by atoms with Gasteiger partial charge in [-0.3, -0.25) is 10.2 Å². The van der Waals surface area contributed by atoms with Gasteiger partial charge < -0.3 is 26.0 Å². The van der Waals surface area contributed by atoms with Crippen molar-refractivity contribution < 1.29 is 46.5 Å². The Morgan fingerprint density at radius 2 is 1.92 bits per heavy atom. The molecule has 39 heavy (non-hydrogen) atoms. The van der Waals surface area contributed by atoms with Gasteiger partial charge >= 0.3 is 12.1 Å². The summed E-state index contributed by atoms with van der Waals surface area (Å²) in [6.07, 6.45) is -4.87. The number of nitrogens with two attached hydrogens (primary N) is 1. The third-order valence-electron chi connectivity index (χ3n) is 5.32. The number of aromatic hydroxyl groups is 2. The Balaban J connectivity index is 0.000000532. The molecule has 0 radical (unpaired) electrons. The van der Waals surface area contributed by atoms with Crippen LogP contribution in [0.3, 0.4) is 0 Å². The number of nitrogens with one attached hydrogen (secondary N) is 2. The van der Waals surface area contributed by atoms with Gasteiger partial charge in [-0.1, -0.05) is 11.6 Å². The first-order valence-corrected chi connectivity index (χ1v) is 13.2. The van der Waals surface area contributed by atoms with Crippen LogP contribution in [0.4, 0.5) is 13.2 Å². The highest BCUT2D eigenvalue weighted by molar-refractivity contribution is 7.91. The number of amides is 1. The number of nitrogen functional groups attached to an aromatic ring is 1. The quantitative estimate of drug-likeness (QED) is 0.137. The summed E-state index contributed by atoms with van der Waals surface area (Å²) in [5.74, 6) is -4.30. The van der Waals surface area contributed by atoms with Crippen LogP contribution >= 0.6 is 22.9 Å². The summed E-state index contributed by atoms with van der Waals surface area (Å²) >= 11 is 6.87. The van der Waals surface area contributed by atoms with Gasteiger partial charge in [0, 0.05) is 6.54 Å². The Morgan fingerprint density at radius 3 is 2.51 bits per heavy atom. The number of amidine groups is 1. The fourth-order valence-corrected chi connectivity index (χ4v) is 6.16. The first-order chi connectivity index (χ1) is 18.0. The number of phenolic OH excluding ortho intramolecular Hbond substituents is 2. The molecular weight excluding hydrogens is 591 g/mol. The number of hydrogen-bond donors (Lipinski definition) is 6. The minimum atomic E-state index is -5.08. The van der Waals surface area contributed by atoms with E-state index in [2.05, 4.69) is 9.71 Å². The van der Waals surface area contributed by atoms with Crippen molar-refractivity contribution in [1.82, 2.24) is 14.6 Å². The van der Waals surface area contributed by atoms with E-state index in [4.69, 9.17) is 32.6 Å². The summed E-state index contributed by atoms with van der Waals surface area (Å²) in [5, 5.41) is 35.3. The number of fused-ring (bicyclic) bond motifs is 1. The highest BCUT2D eigenvalue weighted by atomic mass is 35.5. The number of carboxylic acid groups (broad SMARTS) is 1. The predicted molar refractivity (Wildman–Crippen MR) is 133 cm³/mol. The van der Waals surface area contributed by atoms with Crippen LogP contribution in [-0.4, -0.2) is 70.1 Å². The van der Waals surface area contributed by atoms with Crippen molar-refractivity contribution in [2.45, 2.75) is 29.4 Å². The van der Waals surface area contributed by atoms with Crippen molar-refractivity contribution in [3.05, 3.63) is 46.6 Å². The third kappa shape index (κ3) is 6.86. The maximum Gasteiger partial charge on any atom is 0.490 e. The van der Waals surface area contributed by atoms with Crippen molar-refractivity contribution >= 4 is 60.9 Å². The molecular formula is C21H19ClF3N5O7S2. The van der Waals surface area contributed by atoms with Crippen LogP contribution in [0.25, 0.3) is 10.2 Å². The molecule has 3 aromatic rings. The third-order valence-corrected chi connectivity index (χ3v) is 8.56.